The quantitative estimate of drug-likeness (QED) is 0.654. The first-order chi connectivity index (χ1) is 13.8. The molecule has 3 aliphatic rings. The van der Waals surface area contributed by atoms with E-state index in [0.717, 1.165) is 25.8 Å². The molecule has 30 heavy (non-hydrogen) atoms. The van der Waals surface area contributed by atoms with Crippen LogP contribution in [0, 0.1) is 5.92 Å². The molecule has 1 saturated carbocycles. The van der Waals surface area contributed by atoms with Crippen molar-refractivity contribution in [2.75, 3.05) is 6.54 Å². The Morgan fingerprint density at radius 1 is 1.13 bits per heavy atom. The number of carbonyl (C=O) groups excluding carboxylic acids is 1. The summed E-state index contributed by atoms with van der Waals surface area (Å²) in [4.78, 5) is 17.2. The van der Waals surface area contributed by atoms with Crippen LogP contribution < -0.4 is 5.32 Å². The molecule has 1 N–H and O–H groups in total. The molecule has 0 amide bonds. The van der Waals surface area contributed by atoms with Gasteiger partial charge in [0.25, 0.3) is 0 Å². The van der Waals surface area contributed by atoms with Gasteiger partial charge in [-0.05, 0) is 43.7 Å². The molecular weight excluding hydrogens is 421 g/mol. The van der Waals surface area contributed by atoms with Crippen molar-refractivity contribution >= 4 is 30.8 Å². The standard InChI is InChI=1S/C23H29N3O2.2ClH/c27-23(19-11-6-12-25-19)28-22(16-7-2-1-3-8-16)13-20-17-9-4-5-10-18(17)21-14-24-15-26(20)21;;/h4-5,9-10,14-16,19-20,22,25H,1-3,6-8,11-13H2;2*1H. The van der Waals surface area contributed by atoms with Gasteiger partial charge in [-0.25, -0.2) is 4.98 Å². The third-order valence-electron chi connectivity index (χ3n) is 6.84. The molecule has 0 bridgehead atoms. The minimum absolute atomic E-state index is 0. The number of imidazole rings is 1. The number of benzene rings is 1. The van der Waals surface area contributed by atoms with Gasteiger partial charge in [-0.2, -0.15) is 0 Å². The fraction of sp³-hybridized carbons (Fsp3) is 0.565. The molecule has 2 fully saturated rings. The Bertz CT molecular complexity index is 844. The number of halogens is 2. The fourth-order valence-electron chi connectivity index (χ4n) is 5.35. The predicted molar refractivity (Wildman–Crippen MR) is 122 cm³/mol. The van der Waals surface area contributed by atoms with Gasteiger partial charge in [-0.3, -0.25) is 4.79 Å². The molecule has 5 rings (SSSR count). The van der Waals surface area contributed by atoms with Crippen molar-refractivity contribution in [2.45, 2.75) is 69.6 Å². The number of hydrogen-bond donors (Lipinski definition) is 1. The zero-order chi connectivity index (χ0) is 18.9. The third kappa shape index (κ3) is 4.39. The highest BCUT2D eigenvalue weighted by atomic mass is 35.5. The smallest absolute Gasteiger partial charge is 0.323 e. The van der Waals surface area contributed by atoms with E-state index in [2.05, 4.69) is 39.1 Å². The molecule has 1 saturated heterocycles. The number of esters is 1. The zero-order valence-corrected chi connectivity index (χ0v) is 18.8. The van der Waals surface area contributed by atoms with Gasteiger partial charge in [0.05, 0.1) is 24.3 Å². The van der Waals surface area contributed by atoms with E-state index < -0.39 is 0 Å². The van der Waals surface area contributed by atoms with Crippen LogP contribution >= 0.6 is 24.8 Å². The molecule has 1 aromatic carbocycles. The van der Waals surface area contributed by atoms with E-state index in [1.807, 2.05) is 12.5 Å². The second-order valence-electron chi connectivity index (χ2n) is 8.55. The normalized spacial score (nSPS) is 23.6. The van der Waals surface area contributed by atoms with E-state index in [0.29, 0.717) is 5.92 Å². The van der Waals surface area contributed by atoms with E-state index in [1.165, 1.54) is 48.9 Å². The lowest BCUT2D eigenvalue weighted by molar-refractivity contribution is -0.155. The summed E-state index contributed by atoms with van der Waals surface area (Å²) in [6, 6.07) is 8.66. The summed E-state index contributed by atoms with van der Waals surface area (Å²) in [6.45, 7) is 0.919. The van der Waals surface area contributed by atoms with Crippen molar-refractivity contribution < 1.29 is 9.53 Å². The molecular formula is C23H31Cl2N3O2. The molecule has 3 unspecified atom stereocenters. The number of fused-ring (bicyclic) bond motifs is 3. The van der Waals surface area contributed by atoms with Gasteiger partial charge in [0.1, 0.15) is 12.1 Å². The van der Waals surface area contributed by atoms with Crippen molar-refractivity contribution in [3.05, 3.63) is 42.4 Å². The molecule has 1 aliphatic carbocycles. The highest BCUT2D eigenvalue weighted by Gasteiger charge is 2.36. The van der Waals surface area contributed by atoms with Crippen LogP contribution in [-0.2, 0) is 9.53 Å². The van der Waals surface area contributed by atoms with Crippen LogP contribution in [0.3, 0.4) is 0 Å². The molecule has 7 heteroatoms. The average molecular weight is 452 g/mol. The first-order valence-electron chi connectivity index (χ1n) is 10.9. The van der Waals surface area contributed by atoms with Crippen LogP contribution in [0.25, 0.3) is 11.3 Å². The zero-order valence-electron chi connectivity index (χ0n) is 17.2. The molecule has 0 spiro atoms. The van der Waals surface area contributed by atoms with Crippen molar-refractivity contribution in [3.63, 3.8) is 0 Å². The molecule has 2 aromatic rings. The summed E-state index contributed by atoms with van der Waals surface area (Å²) >= 11 is 0. The molecule has 164 valence electrons. The minimum Gasteiger partial charge on any atom is -0.461 e. The number of nitrogens with zero attached hydrogens (tertiary/aromatic N) is 2. The van der Waals surface area contributed by atoms with Crippen LogP contribution in [-0.4, -0.2) is 34.2 Å². The monoisotopic (exact) mass is 451 g/mol. The SMILES string of the molecule is Cl.Cl.O=C(OC(CC1c2ccccc2-c2cncn21)C1CCCCC1)C1CCCN1. The number of rotatable bonds is 5. The number of ether oxygens (including phenoxy) is 1. The maximum absolute atomic E-state index is 12.8. The molecule has 2 aliphatic heterocycles. The molecule has 5 nitrogen and oxygen atoms in total. The minimum atomic E-state index is -0.120. The Morgan fingerprint density at radius 2 is 1.93 bits per heavy atom. The van der Waals surface area contributed by atoms with E-state index in [1.54, 1.807) is 0 Å². The number of aromatic nitrogens is 2. The Kier molecular flexibility index (Phi) is 7.83. The van der Waals surface area contributed by atoms with Gasteiger partial charge in [0.2, 0.25) is 0 Å². The van der Waals surface area contributed by atoms with E-state index in [9.17, 15) is 4.79 Å². The van der Waals surface area contributed by atoms with Crippen molar-refractivity contribution in [2.24, 2.45) is 5.92 Å². The lowest BCUT2D eigenvalue weighted by atomic mass is 9.82. The van der Waals surface area contributed by atoms with Crippen molar-refractivity contribution in [1.82, 2.24) is 14.9 Å². The topological polar surface area (TPSA) is 56.1 Å². The van der Waals surface area contributed by atoms with Gasteiger partial charge < -0.3 is 14.6 Å². The summed E-state index contributed by atoms with van der Waals surface area (Å²) in [5, 5.41) is 3.30. The molecule has 3 atom stereocenters. The third-order valence-corrected chi connectivity index (χ3v) is 6.84. The van der Waals surface area contributed by atoms with Crippen LogP contribution in [0.15, 0.2) is 36.8 Å². The summed E-state index contributed by atoms with van der Waals surface area (Å²) in [5.41, 5.74) is 3.76. The van der Waals surface area contributed by atoms with E-state index in [-0.39, 0.29) is 49.0 Å². The van der Waals surface area contributed by atoms with Crippen LogP contribution in [0.1, 0.15) is 63.0 Å². The first-order valence-corrected chi connectivity index (χ1v) is 10.9. The summed E-state index contributed by atoms with van der Waals surface area (Å²) in [7, 11) is 0. The Morgan fingerprint density at radius 3 is 2.70 bits per heavy atom. The van der Waals surface area contributed by atoms with Gasteiger partial charge in [0, 0.05) is 12.0 Å². The maximum Gasteiger partial charge on any atom is 0.323 e. The van der Waals surface area contributed by atoms with Crippen LogP contribution in [0.2, 0.25) is 0 Å². The summed E-state index contributed by atoms with van der Waals surface area (Å²) < 4.78 is 8.47. The second-order valence-corrected chi connectivity index (χ2v) is 8.55. The van der Waals surface area contributed by atoms with Gasteiger partial charge in [-0.1, -0.05) is 43.5 Å². The largest absolute Gasteiger partial charge is 0.461 e. The second kappa shape index (κ2) is 10.2. The van der Waals surface area contributed by atoms with E-state index >= 15 is 0 Å². The van der Waals surface area contributed by atoms with Crippen LogP contribution in [0.4, 0.5) is 0 Å². The average Bonchev–Trinajstić information content (AvgIpc) is 3.47. The number of nitrogens with one attached hydrogen (secondary N) is 1. The lowest BCUT2D eigenvalue weighted by Crippen LogP contribution is -2.38. The van der Waals surface area contributed by atoms with Gasteiger partial charge in [0.15, 0.2) is 0 Å². The lowest BCUT2D eigenvalue weighted by Gasteiger charge is -2.33. The number of carbonyl (C=O) groups is 1. The molecule has 3 heterocycles. The fourth-order valence-corrected chi connectivity index (χ4v) is 5.35. The van der Waals surface area contributed by atoms with Gasteiger partial charge in [-0.15, -0.1) is 24.8 Å². The van der Waals surface area contributed by atoms with Crippen molar-refractivity contribution in [1.29, 1.82) is 0 Å². The molecule has 1 aromatic heterocycles. The van der Waals surface area contributed by atoms with Crippen LogP contribution in [0.5, 0.6) is 0 Å². The van der Waals surface area contributed by atoms with Gasteiger partial charge >= 0.3 is 5.97 Å². The summed E-state index contributed by atoms with van der Waals surface area (Å²) in [6.07, 6.45) is 12.8. The Balaban J connectivity index is 0.00000128. The molecule has 0 radical (unpaired) electrons. The Hall–Kier alpha value is -1.56. The number of hydrogen-bond acceptors (Lipinski definition) is 4. The van der Waals surface area contributed by atoms with Crippen molar-refractivity contribution in [3.8, 4) is 11.3 Å². The highest BCUT2D eigenvalue weighted by Crippen LogP contribution is 2.43. The predicted octanol–water partition coefficient (Wildman–Crippen LogP) is 4.93. The first kappa shape index (κ1) is 23.1. The maximum atomic E-state index is 12.8. The summed E-state index contributed by atoms with van der Waals surface area (Å²) in [5.74, 6) is 0.420. The Labute approximate surface area is 190 Å². The van der Waals surface area contributed by atoms with E-state index in [4.69, 9.17) is 4.74 Å². The highest BCUT2D eigenvalue weighted by molar-refractivity contribution is 5.85.